The zero-order valence-corrected chi connectivity index (χ0v) is 22.7. The van der Waals surface area contributed by atoms with Gasteiger partial charge in [-0.3, -0.25) is 19.6 Å². The summed E-state index contributed by atoms with van der Waals surface area (Å²) < 4.78 is 0. The summed E-state index contributed by atoms with van der Waals surface area (Å²) in [7, 11) is 1.52. The Balaban J connectivity index is 0.00000684. The summed E-state index contributed by atoms with van der Waals surface area (Å²) in [6.07, 6.45) is 2.61. The molecule has 0 aliphatic carbocycles. The van der Waals surface area contributed by atoms with Crippen molar-refractivity contribution in [3.05, 3.63) is 71.3 Å². The van der Waals surface area contributed by atoms with E-state index in [4.69, 9.17) is 5.73 Å². The first-order valence-corrected chi connectivity index (χ1v) is 12.6. The van der Waals surface area contributed by atoms with Crippen molar-refractivity contribution in [1.29, 1.82) is 0 Å². The molecule has 0 unspecified atom stereocenters. The Kier molecular flexibility index (Phi) is 14.5. The van der Waals surface area contributed by atoms with E-state index in [0.717, 1.165) is 23.1 Å². The molecule has 2 aromatic rings. The Hall–Kier alpha value is -2.94. The maximum Gasteiger partial charge on any atom is 0.247 e. The van der Waals surface area contributed by atoms with Gasteiger partial charge in [-0.1, -0.05) is 68.4 Å². The van der Waals surface area contributed by atoms with Gasteiger partial charge in [0.25, 0.3) is 0 Å². The molecular formula is C28H41ClN4O4. The molecule has 0 radical (unpaired) electrons. The highest BCUT2D eigenvalue weighted by Gasteiger charge is 2.35. The lowest BCUT2D eigenvalue weighted by atomic mass is 9.80. The van der Waals surface area contributed by atoms with Crippen molar-refractivity contribution in [2.75, 3.05) is 7.05 Å². The van der Waals surface area contributed by atoms with Crippen LogP contribution in [-0.4, -0.2) is 36.0 Å². The lowest BCUT2D eigenvalue weighted by Gasteiger charge is -2.28. The van der Waals surface area contributed by atoms with Gasteiger partial charge in [0.05, 0.1) is 5.92 Å². The smallest absolute Gasteiger partial charge is 0.247 e. The van der Waals surface area contributed by atoms with E-state index in [1.54, 1.807) is 5.48 Å². The predicted molar refractivity (Wildman–Crippen MR) is 147 cm³/mol. The van der Waals surface area contributed by atoms with Gasteiger partial charge in [0.2, 0.25) is 17.7 Å². The molecule has 37 heavy (non-hydrogen) atoms. The van der Waals surface area contributed by atoms with Crippen LogP contribution in [0.1, 0.15) is 49.8 Å². The van der Waals surface area contributed by atoms with Crippen molar-refractivity contribution >= 4 is 30.1 Å². The summed E-state index contributed by atoms with van der Waals surface area (Å²) in [5.41, 5.74) is 10.4. The highest BCUT2D eigenvalue weighted by Crippen LogP contribution is 2.27. The van der Waals surface area contributed by atoms with Gasteiger partial charge in [0.1, 0.15) is 6.04 Å². The monoisotopic (exact) mass is 532 g/mol. The third kappa shape index (κ3) is 10.5. The lowest BCUT2D eigenvalue weighted by Crippen LogP contribution is -2.51. The van der Waals surface area contributed by atoms with Crippen molar-refractivity contribution in [1.82, 2.24) is 16.1 Å². The number of aryl methyl sites for hydroxylation is 1. The molecule has 0 saturated carbocycles. The van der Waals surface area contributed by atoms with Crippen molar-refractivity contribution in [3.8, 4) is 0 Å². The minimum Gasteiger partial charge on any atom is -0.357 e. The van der Waals surface area contributed by atoms with E-state index in [9.17, 15) is 19.6 Å². The van der Waals surface area contributed by atoms with Crippen LogP contribution in [0.15, 0.2) is 54.6 Å². The van der Waals surface area contributed by atoms with Crippen molar-refractivity contribution in [2.45, 2.75) is 58.5 Å². The third-order valence-corrected chi connectivity index (χ3v) is 6.40. The third-order valence-electron chi connectivity index (χ3n) is 6.40. The van der Waals surface area contributed by atoms with E-state index >= 15 is 0 Å². The Morgan fingerprint density at radius 2 is 1.49 bits per heavy atom. The van der Waals surface area contributed by atoms with Crippen LogP contribution in [0.4, 0.5) is 0 Å². The number of rotatable bonds is 14. The Bertz CT molecular complexity index is 970. The molecule has 2 aromatic carbocycles. The lowest BCUT2D eigenvalue weighted by molar-refractivity contribution is -0.142. The molecule has 8 nitrogen and oxygen atoms in total. The van der Waals surface area contributed by atoms with Crippen LogP contribution in [0.2, 0.25) is 0 Å². The summed E-state index contributed by atoms with van der Waals surface area (Å²) in [5, 5.41) is 14.9. The van der Waals surface area contributed by atoms with Crippen molar-refractivity contribution < 1.29 is 19.6 Å². The molecule has 9 heteroatoms. The first-order valence-electron chi connectivity index (χ1n) is 12.6. The second kappa shape index (κ2) is 16.7. The van der Waals surface area contributed by atoms with Gasteiger partial charge in [0.15, 0.2) is 0 Å². The SMILES string of the molecule is CNC(=O)[C@H](Cc1ccc(CN)cc1)NC(=O)[C@H](CC(C)C)[C@H](CCCc1ccccc1)C(=O)NO.Cl. The van der Waals surface area contributed by atoms with Crippen LogP contribution in [0.5, 0.6) is 0 Å². The number of likely N-dealkylation sites (N-methyl/N-ethyl adjacent to an activating group) is 1. The largest absolute Gasteiger partial charge is 0.357 e. The summed E-state index contributed by atoms with van der Waals surface area (Å²) >= 11 is 0. The normalized spacial score (nSPS) is 13.1. The van der Waals surface area contributed by atoms with E-state index in [-0.39, 0.29) is 30.1 Å². The maximum absolute atomic E-state index is 13.5. The summed E-state index contributed by atoms with van der Waals surface area (Å²) in [6, 6.07) is 16.7. The molecule has 204 valence electrons. The Morgan fingerprint density at radius 3 is 2.03 bits per heavy atom. The molecule has 0 fully saturated rings. The molecule has 0 aliphatic rings. The van der Waals surface area contributed by atoms with Gasteiger partial charge in [-0.05, 0) is 48.3 Å². The van der Waals surface area contributed by atoms with Gasteiger partial charge in [-0.25, -0.2) is 5.48 Å². The zero-order valence-electron chi connectivity index (χ0n) is 21.9. The summed E-state index contributed by atoms with van der Waals surface area (Å²) in [5.74, 6) is -2.56. The Labute approximate surface area is 226 Å². The fourth-order valence-electron chi connectivity index (χ4n) is 4.44. The van der Waals surface area contributed by atoms with E-state index in [1.807, 2.05) is 68.4 Å². The van der Waals surface area contributed by atoms with Gasteiger partial charge in [-0.15, -0.1) is 12.4 Å². The molecule has 2 rings (SSSR count). The minimum atomic E-state index is -0.803. The second-order valence-corrected chi connectivity index (χ2v) is 9.60. The van der Waals surface area contributed by atoms with Crippen molar-refractivity contribution in [3.63, 3.8) is 0 Å². The number of carbonyl (C=O) groups is 3. The van der Waals surface area contributed by atoms with Crippen molar-refractivity contribution in [2.24, 2.45) is 23.5 Å². The van der Waals surface area contributed by atoms with Crippen LogP contribution in [0.3, 0.4) is 0 Å². The molecule has 0 saturated heterocycles. The maximum atomic E-state index is 13.5. The average molecular weight is 533 g/mol. The number of benzene rings is 2. The van der Waals surface area contributed by atoms with Crippen LogP contribution < -0.4 is 21.8 Å². The highest BCUT2D eigenvalue weighted by molar-refractivity contribution is 5.91. The van der Waals surface area contributed by atoms with Crippen LogP contribution in [-0.2, 0) is 33.8 Å². The molecular weight excluding hydrogens is 492 g/mol. The van der Waals surface area contributed by atoms with E-state index in [2.05, 4.69) is 10.6 Å². The summed E-state index contributed by atoms with van der Waals surface area (Å²) in [6.45, 7) is 4.38. The summed E-state index contributed by atoms with van der Waals surface area (Å²) in [4.78, 5) is 38.8. The quantitative estimate of drug-likeness (QED) is 0.188. The number of nitrogens with one attached hydrogen (secondary N) is 3. The average Bonchev–Trinajstić information content (AvgIpc) is 2.89. The number of amides is 3. The number of carbonyl (C=O) groups excluding carboxylic acids is 3. The minimum absolute atomic E-state index is 0. The molecule has 0 aliphatic heterocycles. The highest BCUT2D eigenvalue weighted by atomic mass is 35.5. The molecule has 3 atom stereocenters. The van der Waals surface area contributed by atoms with Gasteiger partial charge in [0, 0.05) is 25.9 Å². The van der Waals surface area contributed by atoms with Gasteiger partial charge >= 0.3 is 0 Å². The van der Waals surface area contributed by atoms with E-state index in [0.29, 0.717) is 32.2 Å². The number of halogens is 1. The number of hydroxylamine groups is 1. The number of hydrogen-bond acceptors (Lipinski definition) is 5. The predicted octanol–water partition coefficient (Wildman–Crippen LogP) is 3.15. The van der Waals surface area contributed by atoms with Crippen LogP contribution in [0.25, 0.3) is 0 Å². The van der Waals surface area contributed by atoms with E-state index in [1.165, 1.54) is 7.05 Å². The number of hydrogen-bond donors (Lipinski definition) is 5. The van der Waals surface area contributed by atoms with Crippen LogP contribution in [0, 0.1) is 17.8 Å². The molecule has 6 N–H and O–H groups in total. The molecule has 0 spiro atoms. The van der Waals surface area contributed by atoms with E-state index < -0.39 is 23.8 Å². The fraction of sp³-hybridized carbons (Fsp3) is 0.464. The first kappa shape index (κ1) is 32.1. The Morgan fingerprint density at radius 1 is 0.865 bits per heavy atom. The fourth-order valence-corrected chi connectivity index (χ4v) is 4.44. The number of nitrogens with two attached hydrogens (primary N) is 1. The first-order chi connectivity index (χ1) is 17.3. The van der Waals surface area contributed by atoms with Gasteiger partial charge in [-0.2, -0.15) is 0 Å². The molecule has 0 aromatic heterocycles. The second-order valence-electron chi connectivity index (χ2n) is 9.60. The molecule has 0 heterocycles. The molecule has 3 amide bonds. The molecule has 0 bridgehead atoms. The van der Waals surface area contributed by atoms with Gasteiger partial charge < -0.3 is 16.4 Å². The zero-order chi connectivity index (χ0) is 26.5. The standard InChI is InChI=1S/C28H40N4O4.ClH/c1-19(2)16-24(23(27(34)32-36)11-7-10-20-8-5-4-6-9-20)26(33)31-25(28(35)30-3)17-21-12-14-22(18-29)15-13-21;/h4-6,8-9,12-15,19,23-25,36H,7,10-11,16-18,29H2,1-3H3,(H,30,35)(H,31,33)(H,32,34);1H/t23-,24+,25-;/m0./s1. The van der Waals surface area contributed by atoms with Crippen LogP contribution >= 0.6 is 12.4 Å². The topological polar surface area (TPSA) is 134 Å².